The van der Waals surface area contributed by atoms with E-state index in [-0.39, 0.29) is 11.7 Å². The van der Waals surface area contributed by atoms with Crippen molar-refractivity contribution in [3.8, 4) is 11.5 Å². The Labute approximate surface area is 154 Å². The Morgan fingerprint density at radius 2 is 1.23 bits per heavy atom. The molecule has 138 valence electrons. The third-order valence-electron chi connectivity index (χ3n) is 3.91. The van der Waals surface area contributed by atoms with E-state index in [9.17, 15) is 0 Å². The van der Waals surface area contributed by atoms with E-state index in [0.29, 0.717) is 22.6 Å². The summed E-state index contributed by atoms with van der Waals surface area (Å²) in [6.45, 7) is 2.15. The van der Waals surface area contributed by atoms with Crippen molar-refractivity contribution >= 4 is 11.7 Å². The van der Waals surface area contributed by atoms with Gasteiger partial charge in [0.1, 0.15) is 23.2 Å². The lowest BCUT2D eigenvalue weighted by Crippen LogP contribution is -2.24. The van der Waals surface area contributed by atoms with E-state index < -0.39 is 6.29 Å². The van der Waals surface area contributed by atoms with Crippen molar-refractivity contribution in [3.63, 3.8) is 0 Å². The van der Waals surface area contributed by atoms with E-state index in [0.717, 1.165) is 25.7 Å². The van der Waals surface area contributed by atoms with E-state index in [1.807, 2.05) is 0 Å². The van der Waals surface area contributed by atoms with Crippen LogP contribution in [0.3, 0.4) is 0 Å². The van der Waals surface area contributed by atoms with Gasteiger partial charge in [-0.3, -0.25) is 10.8 Å². The summed E-state index contributed by atoms with van der Waals surface area (Å²) in [5.74, 6) is 1.38. The lowest BCUT2D eigenvalue weighted by atomic mass is 10.2. The molecule has 0 unspecified atom stereocenters. The first-order chi connectivity index (χ1) is 12.5. The minimum atomic E-state index is -0.423. The predicted octanol–water partition coefficient (Wildman–Crippen LogP) is 3.62. The molecule has 0 aliphatic heterocycles. The number of rotatable bonds is 10. The molecule has 0 fully saturated rings. The maximum absolute atomic E-state index is 7.44. The van der Waals surface area contributed by atoms with Crippen LogP contribution >= 0.6 is 0 Å². The Morgan fingerprint density at radius 3 is 1.58 bits per heavy atom. The van der Waals surface area contributed by atoms with Crippen LogP contribution in [-0.4, -0.2) is 18.0 Å². The lowest BCUT2D eigenvalue weighted by Gasteiger charge is -2.21. The Kier molecular flexibility index (Phi) is 7.02. The molecule has 6 heteroatoms. The Bertz CT molecular complexity index is 667. The van der Waals surface area contributed by atoms with Crippen LogP contribution in [0.2, 0.25) is 0 Å². The summed E-state index contributed by atoms with van der Waals surface area (Å²) in [5, 5.41) is 14.9. The number of hydrogen-bond acceptors (Lipinski definition) is 4. The molecule has 0 heterocycles. The van der Waals surface area contributed by atoms with Gasteiger partial charge < -0.3 is 20.9 Å². The molecular weight excluding hydrogens is 328 g/mol. The van der Waals surface area contributed by atoms with Crippen LogP contribution in [0.5, 0.6) is 11.5 Å². The van der Waals surface area contributed by atoms with E-state index in [1.165, 1.54) is 0 Å². The zero-order chi connectivity index (χ0) is 18.9. The highest BCUT2D eigenvalue weighted by molar-refractivity contribution is 5.95. The van der Waals surface area contributed by atoms with Gasteiger partial charge in [-0.25, -0.2) is 0 Å². The van der Waals surface area contributed by atoms with Crippen LogP contribution in [0.4, 0.5) is 0 Å². The minimum absolute atomic E-state index is 0.0258. The number of nitrogens with one attached hydrogen (secondary N) is 2. The maximum atomic E-state index is 7.44. The van der Waals surface area contributed by atoms with Gasteiger partial charge in [0.25, 0.3) is 0 Å². The molecule has 2 aromatic rings. The van der Waals surface area contributed by atoms with E-state index in [4.69, 9.17) is 31.8 Å². The molecule has 26 heavy (non-hydrogen) atoms. The smallest absolute Gasteiger partial charge is 0.241 e. The zero-order valence-corrected chi connectivity index (χ0v) is 15.0. The summed E-state index contributed by atoms with van der Waals surface area (Å²) in [6.07, 6.45) is 3.56. The van der Waals surface area contributed by atoms with Crippen molar-refractivity contribution in [2.24, 2.45) is 11.5 Å². The normalized spacial score (nSPS) is 11.6. The van der Waals surface area contributed by atoms with Crippen molar-refractivity contribution in [1.82, 2.24) is 0 Å². The van der Waals surface area contributed by atoms with Crippen molar-refractivity contribution in [2.45, 2.75) is 38.9 Å². The van der Waals surface area contributed by atoms with Crippen molar-refractivity contribution in [1.29, 1.82) is 10.8 Å². The highest BCUT2D eigenvalue weighted by Crippen LogP contribution is 2.20. The summed E-state index contributed by atoms with van der Waals surface area (Å²) in [7, 11) is 0. The van der Waals surface area contributed by atoms with Crippen LogP contribution in [-0.2, 0) is 0 Å². The first-order valence-corrected chi connectivity index (χ1v) is 8.72. The highest BCUT2D eigenvalue weighted by atomic mass is 16.7. The minimum Gasteiger partial charge on any atom is -0.455 e. The fourth-order valence-corrected chi connectivity index (χ4v) is 2.43. The Morgan fingerprint density at radius 1 is 0.808 bits per heavy atom. The summed E-state index contributed by atoms with van der Waals surface area (Å²) in [6, 6.07) is 14.1. The first kappa shape index (κ1) is 19.3. The van der Waals surface area contributed by atoms with Gasteiger partial charge in [0, 0.05) is 17.5 Å². The van der Waals surface area contributed by atoms with Gasteiger partial charge in [0.15, 0.2) is 0 Å². The topological polar surface area (TPSA) is 118 Å². The van der Waals surface area contributed by atoms with Gasteiger partial charge in [-0.05, 0) is 55.0 Å². The highest BCUT2D eigenvalue weighted by Gasteiger charge is 2.13. The van der Waals surface area contributed by atoms with Crippen molar-refractivity contribution in [3.05, 3.63) is 59.7 Å². The number of ether oxygens (including phenoxy) is 2. The van der Waals surface area contributed by atoms with Crippen molar-refractivity contribution < 1.29 is 9.47 Å². The van der Waals surface area contributed by atoms with Gasteiger partial charge in [0.2, 0.25) is 6.29 Å². The summed E-state index contributed by atoms with van der Waals surface area (Å²) < 4.78 is 12.0. The van der Waals surface area contributed by atoms with Crippen molar-refractivity contribution in [2.75, 3.05) is 0 Å². The van der Waals surface area contributed by atoms with Gasteiger partial charge in [-0.15, -0.1) is 0 Å². The predicted molar refractivity (Wildman–Crippen MR) is 104 cm³/mol. The number of nitrogens with two attached hydrogens (primary N) is 2. The molecule has 0 saturated heterocycles. The second-order valence-corrected chi connectivity index (χ2v) is 6.04. The standard InChI is InChI=1S/C20H26N4O2/c1-2-3-4-5-18(25-16-10-6-14(7-11-16)19(21)22)26-17-12-8-15(9-13-17)20(23)24/h6-13,18H,2-5H2,1H3,(H3,21,22)(H3,23,24). The molecule has 2 rings (SSSR count). The van der Waals surface area contributed by atoms with Gasteiger partial charge in [-0.1, -0.05) is 19.8 Å². The van der Waals surface area contributed by atoms with E-state index in [2.05, 4.69) is 6.92 Å². The molecule has 0 radical (unpaired) electrons. The van der Waals surface area contributed by atoms with Gasteiger partial charge >= 0.3 is 0 Å². The second kappa shape index (κ2) is 9.46. The van der Waals surface area contributed by atoms with Crippen LogP contribution < -0.4 is 20.9 Å². The molecule has 0 saturated carbocycles. The van der Waals surface area contributed by atoms with Crippen LogP contribution in [0.25, 0.3) is 0 Å². The number of hydrogen-bond donors (Lipinski definition) is 4. The third-order valence-corrected chi connectivity index (χ3v) is 3.91. The summed E-state index contributed by atoms with van der Waals surface area (Å²) in [5.41, 5.74) is 12.3. The number of benzene rings is 2. The average molecular weight is 354 g/mol. The van der Waals surface area contributed by atoms with Crippen LogP contribution in [0.1, 0.15) is 43.7 Å². The monoisotopic (exact) mass is 354 g/mol. The van der Waals surface area contributed by atoms with Gasteiger partial charge in [-0.2, -0.15) is 0 Å². The quantitative estimate of drug-likeness (QED) is 0.225. The van der Waals surface area contributed by atoms with E-state index in [1.54, 1.807) is 48.5 Å². The fourth-order valence-electron chi connectivity index (χ4n) is 2.43. The average Bonchev–Trinajstić information content (AvgIpc) is 2.62. The molecule has 0 aliphatic rings. The van der Waals surface area contributed by atoms with Gasteiger partial charge in [0.05, 0.1) is 0 Å². The summed E-state index contributed by atoms with van der Waals surface area (Å²) >= 11 is 0. The molecule has 0 bridgehead atoms. The Hall–Kier alpha value is -3.02. The molecule has 6 N–H and O–H groups in total. The lowest BCUT2D eigenvalue weighted by molar-refractivity contribution is -0.00237. The Balaban J connectivity index is 2.06. The third kappa shape index (κ3) is 5.81. The molecule has 0 spiro atoms. The summed E-state index contributed by atoms with van der Waals surface area (Å²) in [4.78, 5) is 0. The fraction of sp³-hybridized carbons (Fsp3) is 0.300. The van der Waals surface area contributed by atoms with E-state index >= 15 is 0 Å². The molecule has 0 aliphatic carbocycles. The zero-order valence-electron chi connectivity index (χ0n) is 15.0. The SMILES string of the molecule is CCCCCC(Oc1ccc(C(=N)N)cc1)Oc1ccc(C(=N)N)cc1. The number of unbranched alkanes of at least 4 members (excludes halogenated alkanes) is 2. The number of amidine groups is 2. The molecule has 6 nitrogen and oxygen atoms in total. The maximum Gasteiger partial charge on any atom is 0.241 e. The number of nitrogen functional groups attached to an aromatic ring is 2. The molecule has 0 amide bonds. The molecule has 2 aromatic carbocycles. The molecule has 0 aromatic heterocycles. The largest absolute Gasteiger partial charge is 0.455 e. The molecule has 0 atom stereocenters. The second-order valence-electron chi connectivity index (χ2n) is 6.04. The first-order valence-electron chi connectivity index (χ1n) is 8.72. The van der Waals surface area contributed by atoms with Crippen LogP contribution in [0, 0.1) is 10.8 Å². The molecular formula is C20H26N4O2. The van der Waals surface area contributed by atoms with Crippen LogP contribution in [0.15, 0.2) is 48.5 Å².